The summed E-state index contributed by atoms with van der Waals surface area (Å²) in [6, 6.07) is 5.91. The van der Waals surface area contributed by atoms with Crippen LogP contribution in [0.25, 0.3) is 0 Å². The number of benzene rings is 1. The highest BCUT2D eigenvalue weighted by molar-refractivity contribution is 7.99. The van der Waals surface area contributed by atoms with Crippen molar-refractivity contribution in [2.24, 2.45) is 5.92 Å². The second-order valence-corrected chi connectivity index (χ2v) is 6.21. The molecule has 1 aromatic rings. The van der Waals surface area contributed by atoms with Crippen molar-refractivity contribution in [1.82, 2.24) is 4.90 Å². The molecule has 0 saturated heterocycles. The monoisotopic (exact) mass is 313 g/mol. The first-order valence-electron chi connectivity index (χ1n) is 6.72. The van der Waals surface area contributed by atoms with Crippen LogP contribution in [0.5, 0.6) is 0 Å². The number of hydrogen-bond donors (Lipinski definition) is 1. The zero-order valence-electron chi connectivity index (χ0n) is 12.4. The van der Waals surface area contributed by atoms with E-state index < -0.39 is 5.97 Å². The fourth-order valence-corrected chi connectivity index (χ4v) is 2.68. The van der Waals surface area contributed by atoms with E-state index in [4.69, 9.17) is 5.11 Å². The van der Waals surface area contributed by atoms with E-state index in [0.717, 1.165) is 4.90 Å². The third kappa shape index (κ3) is 5.75. The molecule has 0 saturated carbocycles. The largest absolute Gasteiger partial charge is 0.480 e. The molecule has 116 valence electrons. The number of amides is 1. The molecule has 0 heterocycles. The molecule has 0 spiro atoms. The fraction of sp³-hybridized carbons (Fsp3) is 0.467. The molecule has 1 unspecified atom stereocenters. The fourth-order valence-electron chi connectivity index (χ4n) is 1.77. The zero-order chi connectivity index (χ0) is 16.0. The van der Waals surface area contributed by atoms with Gasteiger partial charge in [-0.15, -0.1) is 11.8 Å². The highest BCUT2D eigenvalue weighted by Gasteiger charge is 2.24. The van der Waals surface area contributed by atoms with E-state index in [1.54, 1.807) is 32.9 Å². The number of carbonyl (C=O) groups is 2. The van der Waals surface area contributed by atoms with E-state index in [0.29, 0.717) is 5.75 Å². The van der Waals surface area contributed by atoms with Crippen LogP contribution in [0, 0.1) is 11.7 Å². The third-order valence-corrected chi connectivity index (χ3v) is 4.22. The molecule has 0 aliphatic heterocycles. The van der Waals surface area contributed by atoms with E-state index in [-0.39, 0.29) is 30.2 Å². The number of carboxylic acid groups (broad SMARTS) is 1. The van der Waals surface area contributed by atoms with Crippen molar-refractivity contribution in [2.45, 2.75) is 31.7 Å². The van der Waals surface area contributed by atoms with Gasteiger partial charge < -0.3 is 10.0 Å². The second kappa shape index (κ2) is 8.02. The molecule has 1 atom stereocenters. The van der Waals surface area contributed by atoms with Crippen LogP contribution < -0.4 is 0 Å². The van der Waals surface area contributed by atoms with Gasteiger partial charge in [-0.2, -0.15) is 0 Å². The molecular weight excluding hydrogens is 293 g/mol. The molecule has 1 rings (SSSR count). The van der Waals surface area contributed by atoms with Crippen LogP contribution in [0.3, 0.4) is 0 Å². The van der Waals surface area contributed by atoms with Crippen molar-refractivity contribution in [2.75, 3.05) is 12.3 Å². The summed E-state index contributed by atoms with van der Waals surface area (Å²) in [7, 11) is 0. The molecule has 0 aromatic heterocycles. The number of thioether (sulfide) groups is 1. The van der Waals surface area contributed by atoms with E-state index in [1.807, 2.05) is 0 Å². The van der Waals surface area contributed by atoms with Gasteiger partial charge in [-0.1, -0.05) is 6.92 Å². The van der Waals surface area contributed by atoms with Crippen LogP contribution in [0.4, 0.5) is 4.39 Å². The summed E-state index contributed by atoms with van der Waals surface area (Å²) < 4.78 is 12.8. The molecule has 0 bridgehead atoms. The Kier molecular flexibility index (Phi) is 6.68. The molecular formula is C15H20FNO3S. The van der Waals surface area contributed by atoms with E-state index >= 15 is 0 Å². The second-order valence-electron chi connectivity index (χ2n) is 5.12. The highest BCUT2D eigenvalue weighted by Crippen LogP contribution is 2.22. The first-order valence-corrected chi connectivity index (χ1v) is 7.70. The summed E-state index contributed by atoms with van der Waals surface area (Å²) in [5.74, 6) is -1.28. The van der Waals surface area contributed by atoms with Crippen molar-refractivity contribution >= 4 is 23.6 Å². The number of nitrogens with zero attached hydrogens (tertiary/aromatic N) is 1. The molecule has 6 heteroatoms. The van der Waals surface area contributed by atoms with Crippen molar-refractivity contribution in [1.29, 1.82) is 0 Å². The quantitative estimate of drug-likeness (QED) is 0.786. The molecule has 4 nitrogen and oxygen atoms in total. The molecule has 21 heavy (non-hydrogen) atoms. The van der Waals surface area contributed by atoms with E-state index in [9.17, 15) is 14.0 Å². The molecule has 1 aromatic carbocycles. The zero-order valence-corrected chi connectivity index (χ0v) is 13.2. The molecule has 0 fully saturated rings. The molecule has 1 amide bonds. The number of rotatable bonds is 7. The SMILES string of the molecule is CC(CSc1ccc(F)cc1)C(=O)N(CC(=O)O)C(C)C. The minimum Gasteiger partial charge on any atom is -0.480 e. The van der Waals surface area contributed by atoms with Gasteiger partial charge in [0, 0.05) is 22.6 Å². The third-order valence-electron chi connectivity index (χ3n) is 2.95. The van der Waals surface area contributed by atoms with Gasteiger partial charge >= 0.3 is 5.97 Å². The standard InChI is InChI=1S/C15H20FNO3S/c1-10(2)17(8-14(18)19)15(20)11(3)9-21-13-6-4-12(16)5-7-13/h4-7,10-11H,8-9H2,1-3H3,(H,18,19). The molecule has 1 N–H and O–H groups in total. The predicted octanol–water partition coefficient (Wildman–Crippen LogP) is 2.88. The van der Waals surface area contributed by atoms with Crippen molar-refractivity contribution in [3.05, 3.63) is 30.1 Å². The summed E-state index contributed by atoms with van der Waals surface area (Å²) in [5.41, 5.74) is 0. The summed E-state index contributed by atoms with van der Waals surface area (Å²) in [4.78, 5) is 25.3. The van der Waals surface area contributed by atoms with Gasteiger partial charge in [-0.25, -0.2) is 4.39 Å². The first-order chi connectivity index (χ1) is 9.81. The number of carbonyl (C=O) groups excluding carboxylic acids is 1. The Bertz CT molecular complexity index is 490. The summed E-state index contributed by atoms with van der Waals surface area (Å²) in [5, 5.41) is 8.86. The lowest BCUT2D eigenvalue weighted by molar-refractivity contribution is -0.147. The lowest BCUT2D eigenvalue weighted by Crippen LogP contribution is -2.43. The smallest absolute Gasteiger partial charge is 0.323 e. The topological polar surface area (TPSA) is 57.6 Å². The van der Waals surface area contributed by atoms with Gasteiger partial charge in [0.1, 0.15) is 12.4 Å². The number of carboxylic acids is 1. The Morgan fingerprint density at radius 3 is 2.29 bits per heavy atom. The van der Waals surface area contributed by atoms with Crippen LogP contribution in [0.15, 0.2) is 29.2 Å². The van der Waals surface area contributed by atoms with Crippen molar-refractivity contribution in [3.8, 4) is 0 Å². The number of hydrogen-bond acceptors (Lipinski definition) is 3. The van der Waals surface area contributed by atoms with Crippen LogP contribution in [0.2, 0.25) is 0 Å². The Hall–Kier alpha value is -1.56. The maximum atomic E-state index is 12.8. The first kappa shape index (κ1) is 17.5. The Labute approximate surface area is 128 Å². The van der Waals surface area contributed by atoms with Gasteiger partial charge in [0.2, 0.25) is 5.91 Å². The van der Waals surface area contributed by atoms with Crippen molar-refractivity contribution < 1.29 is 19.1 Å². The molecule has 0 aliphatic rings. The van der Waals surface area contributed by atoms with Gasteiger partial charge in [-0.05, 0) is 38.1 Å². The maximum absolute atomic E-state index is 12.8. The van der Waals surface area contributed by atoms with Gasteiger partial charge in [0.15, 0.2) is 0 Å². The number of halogens is 1. The maximum Gasteiger partial charge on any atom is 0.323 e. The van der Waals surface area contributed by atoms with Crippen LogP contribution >= 0.6 is 11.8 Å². The van der Waals surface area contributed by atoms with Crippen molar-refractivity contribution in [3.63, 3.8) is 0 Å². The highest BCUT2D eigenvalue weighted by atomic mass is 32.2. The minimum absolute atomic E-state index is 0.160. The Balaban J connectivity index is 2.60. The van der Waals surface area contributed by atoms with Crippen LogP contribution in [0.1, 0.15) is 20.8 Å². The average Bonchev–Trinajstić information content (AvgIpc) is 2.42. The summed E-state index contributed by atoms with van der Waals surface area (Å²) >= 11 is 1.45. The lowest BCUT2D eigenvalue weighted by atomic mass is 10.1. The lowest BCUT2D eigenvalue weighted by Gasteiger charge is -2.27. The number of aliphatic carboxylic acids is 1. The van der Waals surface area contributed by atoms with E-state index in [2.05, 4.69) is 0 Å². The summed E-state index contributed by atoms with van der Waals surface area (Å²) in [6.45, 7) is 5.07. The average molecular weight is 313 g/mol. The Morgan fingerprint density at radius 2 is 1.81 bits per heavy atom. The normalized spacial score (nSPS) is 12.2. The Morgan fingerprint density at radius 1 is 1.24 bits per heavy atom. The summed E-state index contributed by atoms with van der Waals surface area (Å²) in [6.07, 6.45) is 0. The van der Waals surface area contributed by atoms with Gasteiger partial charge in [0.25, 0.3) is 0 Å². The van der Waals surface area contributed by atoms with E-state index in [1.165, 1.54) is 28.8 Å². The minimum atomic E-state index is -1.02. The van der Waals surface area contributed by atoms with Gasteiger partial charge in [0.05, 0.1) is 0 Å². The molecule has 0 radical (unpaired) electrons. The predicted molar refractivity (Wildman–Crippen MR) is 80.8 cm³/mol. The molecule has 0 aliphatic carbocycles. The van der Waals surface area contributed by atoms with Gasteiger partial charge in [-0.3, -0.25) is 9.59 Å². The van der Waals surface area contributed by atoms with Crippen LogP contribution in [-0.4, -0.2) is 40.2 Å². The van der Waals surface area contributed by atoms with Crippen LogP contribution in [-0.2, 0) is 9.59 Å².